The van der Waals surface area contributed by atoms with Crippen LogP contribution in [0.25, 0.3) is 0 Å². The van der Waals surface area contributed by atoms with Gasteiger partial charge in [-0.25, -0.2) is 0 Å². The second-order valence-corrected chi connectivity index (χ2v) is 4.10. The van der Waals surface area contributed by atoms with Gasteiger partial charge < -0.3 is 4.89 Å². The van der Waals surface area contributed by atoms with E-state index in [0.29, 0.717) is 5.30 Å². The van der Waals surface area contributed by atoms with Crippen LogP contribution in [0.2, 0.25) is 0 Å². The molecule has 0 radical (unpaired) electrons. The molecule has 0 aliphatic heterocycles. The van der Waals surface area contributed by atoms with Crippen LogP contribution in [-0.4, -0.2) is 4.89 Å². The third-order valence-electron chi connectivity index (χ3n) is 2.24. The molecule has 0 aliphatic rings. The van der Waals surface area contributed by atoms with E-state index in [1.165, 1.54) is 5.56 Å². The molecule has 0 heterocycles. The molecule has 2 nitrogen and oxygen atoms in total. The summed E-state index contributed by atoms with van der Waals surface area (Å²) in [6.45, 7) is 4.08. The first kappa shape index (κ1) is 10.5. The van der Waals surface area contributed by atoms with Gasteiger partial charge in [0.2, 0.25) is 8.03 Å². The summed E-state index contributed by atoms with van der Waals surface area (Å²) >= 11 is 0. The van der Waals surface area contributed by atoms with E-state index in [-0.39, 0.29) is 0 Å². The minimum atomic E-state index is -2.54. The average molecular weight is 198 g/mol. The molecule has 3 heteroatoms. The molecular formula is C10H15O2P. The molecule has 1 N–H and O–H groups in total. The van der Waals surface area contributed by atoms with Crippen LogP contribution in [0.15, 0.2) is 18.2 Å². The first-order chi connectivity index (χ1) is 6.20. The number of benzene rings is 1. The zero-order chi connectivity index (χ0) is 9.84. The normalized spacial score (nSPS) is 12.8. The summed E-state index contributed by atoms with van der Waals surface area (Å²) < 4.78 is 11.0. The summed E-state index contributed by atoms with van der Waals surface area (Å²) in [6.07, 6.45) is 1.75. The predicted octanol–water partition coefficient (Wildman–Crippen LogP) is 1.90. The number of hydrogen-bond donors (Lipinski definition) is 1. The van der Waals surface area contributed by atoms with Crippen LogP contribution in [0.4, 0.5) is 0 Å². The Balaban J connectivity index is 3.27. The Hall–Kier alpha value is -0.590. The number of hydrogen-bond acceptors (Lipinski definition) is 1. The zero-order valence-electron chi connectivity index (χ0n) is 8.00. The van der Waals surface area contributed by atoms with Crippen molar-refractivity contribution >= 4 is 13.3 Å². The lowest BCUT2D eigenvalue weighted by molar-refractivity contribution is 0.513. The lowest BCUT2D eigenvalue weighted by atomic mass is 10.0. The maximum absolute atomic E-state index is 11.0. The fourth-order valence-corrected chi connectivity index (χ4v) is 2.42. The van der Waals surface area contributed by atoms with Crippen LogP contribution in [0, 0.1) is 0 Å². The van der Waals surface area contributed by atoms with Crippen molar-refractivity contribution in [1.29, 1.82) is 0 Å². The van der Waals surface area contributed by atoms with Crippen LogP contribution in [-0.2, 0) is 17.4 Å². The Labute approximate surface area is 79.5 Å². The van der Waals surface area contributed by atoms with Crippen molar-refractivity contribution in [3.8, 4) is 0 Å². The summed E-state index contributed by atoms with van der Waals surface area (Å²) in [5.41, 5.74) is 2.24. The first-order valence-corrected chi connectivity index (χ1v) is 5.90. The van der Waals surface area contributed by atoms with Crippen molar-refractivity contribution in [2.45, 2.75) is 26.7 Å². The lowest BCUT2D eigenvalue weighted by Crippen LogP contribution is -2.07. The molecule has 0 aromatic heterocycles. The molecule has 0 spiro atoms. The summed E-state index contributed by atoms with van der Waals surface area (Å²) in [4.78, 5) is 9.10. The van der Waals surface area contributed by atoms with E-state index in [1.807, 2.05) is 19.1 Å². The van der Waals surface area contributed by atoms with Crippen molar-refractivity contribution < 1.29 is 9.46 Å². The third-order valence-corrected chi connectivity index (χ3v) is 3.17. The maximum atomic E-state index is 11.0. The average Bonchev–Trinajstić information content (AvgIpc) is 2.16. The Kier molecular flexibility index (Phi) is 3.71. The largest absolute Gasteiger partial charge is 0.343 e. The van der Waals surface area contributed by atoms with E-state index >= 15 is 0 Å². The van der Waals surface area contributed by atoms with Gasteiger partial charge in [-0.3, -0.25) is 4.57 Å². The SMILES string of the molecule is CCc1cccc([PH](=O)O)c1CC. The predicted molar refractivity (Wildman–Crippen MR) is 56.1 cm³/mol. The highest BCUT2D eigenvalue weighted by molar-refractivity contribution is 7.47. The van der Waals surface area contributed by atoms with Gasteiger partial charge in [-0.05, 0) is 30.0 Å². The molecule has 0 amide bonds. The Morgan fingerprint density at radius 2 is 2.00 bits per heavy atom. The Bertz CT molecular complexity index is 321. The highest BCUT2D eigenvalue weighted by atomic mass is 31.1. The number of rotatable bonds is 3. The summed E-state index contributed by atoms with van der Waals surface area (Å²) in [5.74, 6) is 0. The fourth-order valence-electron chi connectivity index (χ4n) is 1.58. The molecule has 1 rings (SSSR count). The second kappa shape index (κ2) is 4.59. The van der Waals surface area contributed by atoms with Gasteiger partial charge in [-0.15, -0.1) is 0 Å². The monoisotopic (exact) mass is 198 g/mol. The quantitative estimate of drug-likeness (QED) is 0.753. The standard InChI is InChI=1S/C10H15O2P/c1-3-8-6-5-7-10(13(11)12)9(8)4-2/h5-7,13H,3-4H2,1-2H3,(H,11,12). The molecule has 72 valence electrons. The molecular weight excluding hydrogens is 183 g/mol. The van der Waals surface area contributed by atoms with E-state index in [4.69, 9.17) is 4.89 Å². The topological polar surface area (TPSA) is 37.3 Å². The van der Waals surface area contributed by atoms with Crippen LogP contribution in [0.5, 0.6) is 0 Å². The molecule has 1 unspecified atom stereocenters. The van der Waals surface area contributed by atoms with Gasteiger partial charge in [0, 0.05) is 5.30 Å². The van der Waals surface area contributed by atoms with E-state index in [9.17, 15) is 4.57 Å². The van der Waals surface area contributed by atoms with Crippen molar-refractivity contribution in [2.75, 3.05) is 0 Å². The first-order valence-electron chi connectivity index (χ1n) is 4.54. The molecule has 0 saturated heterocycles. The second-order valence-electron chi connectivity index (χ2n) is 2.96. The molecule has 0 bridgehead atoms. The molecule has 13 heavy (non-hydrogen) atoms. The molecule has 0 fully saturated rings. The van der Waals surface area contributed by atoms with Gasteiger partial charge >= 0.3 is 0 Å². The summed E-state index contributed by atoms with van der Waals surface area (Å²) in [6, 6.07) is 5.62. The Morgan fingerprint density at radius 3 is 2.46 bits per heavy atom. The zero-order valence-corrected chi connectivity index (χ0v) is 9.00. The van der Waals surface area contributed by atoms with Crippen molar-refractivity contribution in [3.63, 3.8) is 0 Å². The van der Waals surface area contributed by atoms with Crippen molar-refractivity contribution in [1.82, 2.24) is 0 Å². The van der Waals surface area contributed by atoms with Crippen molar-refractivity contribution in [3.05, 3.63) is 29.3 Å². The smallest absolute Gasteiger partial charge is 0.218 e. The highest BCUT2D eigenvalue weighted by Gasteiger charge is 2.08. The fraction of sp³-hybridized carbons (Fsp3) is 0.400. The van der Waals surface area contributed by atoms with E-state index < -0.39 is 8.03 Å². The van der Waals surface area contributed by atoms with Crippen molar-refractivity contribution in [2.24, 2.45) is 0 Å². The van der Waals surface area contributed by atoms with Crippen LogP contribution < -0.4 is 5.30 Å². The van der Waals surface area contributed by atoms with Gasteiger partial charge in [0.1, 0.15) is 0 Å². The lowest BCUT2D eigenvalue weighted by Gasteiger charge is -2.09. The highest BCUT2D eigenvalue weighted by Crippen LogP contribution is 2.19. The van der Waals surface area contributed by atoms with Gasteiger partial charge in [0.05, 0.1) is 0 Å². The van der Waals surface area contributed by atoms with Crippen LogP contribution in [0.3, 0.4) is 0 Å². The molecule has 1 aromatic rings. The molecule has 1 atom stereocenters. The minimum Gasteiger partial charge on any atom is -0.343 e. The van der Waals surface area contributed by atoms with Gasteiger partial charge in [-0.1, -0.05) is 26.0 Å². The molecule has 0 aliphatic carbocycles. The van der Waals surface area contributed by atoms with E-state index in [0.717, 1.165) is 18.4 Å². The van der Waals surface area contributed by atoms with Crippen LogP contribution >= 0.6 is 8.03 Å². The molecule has 1 aromatic carbocycles. The van der Waals surface area contributed by atoms with Gasteiger partial charge in [0.15, 0.2) is 0 Å². The summed E-state index contributed by atoms with van der Waals surface area (Å²) in [7, 11) is -2.54. The summed E-state index contributed by atoms with van der Waals surface area (Å²) in [5, 5.41) is 0.631. The minimum absolute atomic E-state index is 0.631. The van der Waals surface area contributed by atoms with Crippen LogP contribution in [0.1, 0.15) is 25.0 Å². The maximum Gasteiger partial charge on any atom is 0.218 e. The Morgan fingerprint density at radius 1 is 1.31 bits per heavy atom. The van der Waals surface area contributed by atoms with Gasteiger partial charge in [0.25, 0.3) is 0 Å². The number of aryl methyl sites for hydroxylation is 1. The molecule has 0 saturated carbocycles. The van der Waals surface area contributed by atoms with Gasteiger partial charge in [-0.2, -0.15) is 0 Å². The van der Waals surface area contributed by atoms with E-state index in [2.05, 4.69) is 6.92 Å². The third kappa shape index (κ3) is 2.20. The van der Waals surface area contributed by atoms with E-state index in [1.54, 1.807) is 6.07 Å².